The summed E-state index contributed by atoms with van der Waals surface area (Å²) < 4.78 is 0. The van der Waals surface area contributed by atoms with Crippen LogP contribution in [0.3, 0.4) is 0 Å². The number of hydrogen-bond acceptors (Lipinski definition) is 4. The average Bonchev–Trinajstić information content (AvgIpc) is 3.05. The van der Waals surface area contributed by atoms with Gasteiger partial charge in [0.05, 0.1) is 0 Å². The van der Waals surface area contributed by atoms with Crippen molar-refractivity contribution in [2.24, 2.45) is 11.8 Å². The van der Waals surface area contributed by atoms with Gasteiger partial charge in [0.2, 0.25) is 5.91 Å². The molecule has 2 aromatic rings. The molecular formula is C30H39N3O4. The Labute approximate surface area is 219 Å². The van der Waals surface area contributed by atoms with Gasteiger partial charge < -0.3 is 20.2 Å². The molecule has 4 rings (SSSR count). The van der Waals surface area contributed by atoms with E-state index in [-0.39, 0.29) is 18.2 Å². The molecule has 37 heavy (non-hydrogen) atoms. The van der Waals surface area contributed by atoms with Gasteiger partial charge in [-0.3, -0.25) is 14.4 Å². The summed E-state index contributed by atoms with van der Waals surface area (Å²) in [5.74, 6) is -0.648. The van der Waals surface area contributed by atoms with Crippen molar-refractivity contribution in [3.8, 4) is 0 Å². The molecule has 0 aliphatic carbocycles. The highest BCUT2D eigenvalue weighted by Gasteiger charge is 2.30. The van der Waals surface area contributed by atoms with Crippen molar-refractivity contribution in [1.29, 1.82) is 0 Å². The van der Waals surface area contributed by atoms with Crippen molar-refractivity contribution in [2.75, 3.05) is 33.2 Å². The molecule has 0 bridgehead atoms. The Kier molecular flexibility index (Phi) is 9.34. The summed E-state index contributed by atoms with van der Waals surface area (Å²) in [5, 5.41) is 12.6. The van der Waals surface area contributed by atoms with Crippen molar-refractivity contribution in [3.05, 3.63) is 70.8 Å². The molecule has 0 saturated carbocycles. The molecule has 0 spiro atoms. The molecule has 2 aliphatic rings. The van der Waals surface area contributed by atoms with E-state index in [9.17, 15) is 19.5 Å². The lowest BCUT2D eigenvalue weighted by Crippen LogP contribution is -2.36. The molecule has 198 valence electrons. The van der Waals surface area contributed by atoms with Crippen LogP contribution in [-0.4, -0.2) is 65.9 Å². The highest BCUT2D eigenvalue weighted by atomic mass is 16.4. The van der Waals surface area contributed by atoms with Gasteiger partial charge >= 0.3 is 5.97 Å². The second kappa shape index (κ2) is 12.9. The summed E-state index contributed by atoms with van der Waals surface area (Å²) in [6, 6.07) is 15.8. The first kappa shape index (κ1) is 26.9. The van der Waals surface area contributed by atoms with Crippen LogP contribution in [0.25, 0.3) is 0 Å². The highest BCUT2D eigenvalue weighted by molar-refractivity contribution is 5.94. The predicted octanol–water partition coefficient (Wildman–Crippen LogP) is 3.76. The highest BCUT2D eigenvalue weighted by Crippen LogP contribution is 2.28. The lowest BCUT2D eigenvalue weighted by atomic mass is 9.91. The van der Waals surface area contributed by atoms with Crippen LogP contribution in [0, 0.1) is 11.8 Å². The van der Waals surface area contributed by atoms with Crippen molar-refractivity contribution < 1.29 is 19.5 Å². The van der Waals surface area contributed by atoms with E-state index < -0.39 is 11.9 Å². The second-order valence-corrected chi connectivity index (χ2v) is 10.5. The summed E-state index contributed by atoms with van der Waals surface area (Å²) >= 11 is 0. The number of piperidine rings is 1. The number of hydrogen-bond donors (Lipinski definition) is 2. The molecule has 2 aliphatic heterocycles. The number of carboxylic acids is 1. The number of benzene rings is 2. The molecule has 2 amide bonds. The van der Waals surface area contributed by atoms with Gasteiger partial charge in [-0.2, -0.15) is 0 Å². The van der Waals surface area contributed by atoms with Gasteiger partial charge in [0.1, 0.15) is 0 Å². The van der Waals surface area contributed by atoms with E-state index >= 15 is 0 Å². The lowest BCUT2D eigenvalue weighted by molar-refractivity contribution is -0.139. The minimum atomic E-state index is -0.896. The van der Waals surface area contributed by atoms with E-state index in [2.05, 4.69) is 17.4 Å². The van der Waals surface area contributed by atoms with Gasteiger partial charge in [0.15, 0.2) is 0 Å². The Morgan fingerprint density at radius 2 is 1.81 bits per heavy atom. The smallest absolute Gasteiger partial charge is 0.303 e. The molecular weight excluding hydrogens is 466 g/mol. The van der Waals surface area contributed by atoms with Crippen LogP contribution in [-0.2, 0) is 29.0 Å². The molecule has 0 aromatic heterocycles. The third-order valence-electron chi connectivity index (χ3n) is 7.84. The standard InChI is InChI=1S/C30H39N3O4/c1-32(17-13-23-11-15-31-16-12-23)29(36)24-7-8-26-21-33(18-14-22-5-3-2-4-6-22)30(37)25(9-10-28(34)35)20-27(26)19-24/h2-8,19,23,25,31H,9-18,20-21H2,1H3,(H,34,35)/t25-/m1/s1. The first-order valence-electron chi connectivity index (χ1n) is 13.5. The van der Waals surface area contributed by atoms with Gasteiger partial charge in [-0.25, -0.2) is 0 Å². The van der Waals surface area contributed by atoms with E-state index in [4.69, 9.17) is 0 Å². The fraction of sp³-hybridized carbons (Fsp3) is 0.500. The number of nitrogens with one attached hydrogen (secondary N) is 1. The van der Waals surface area contributed by atoms with Gasteiger partial charge in [-0.1, -0.05) is 36.4 Å². The summed E-state index contributed by atoms with van der Waals surface area (Å²) in [6.45, 7) is 3.89. The molecule has 1 fully saturated rings. The lowest BCUT2D eigenvalue weighted by Gasteiger charge is -2.25. The Morgan fingerprint density at radius 1 is 1.05 bits per heavy atom. The Balaban J connectivity index is 1.48. The third kappa shape index (κ3) is 7.41. The molecule has 7 nitrogen and oxygen atoms in total. The van der Waals surface area contributed by atoms with E-state index in [0.29, 0.717) is 37.4 Å². The van der Waals surface area contributed by atoms with Crippen molar-refractivity contribution >= 4 is 17.8 Å². The number of carbonyl (C=O) groups is 3. The summed E-state index contributed by atoms with van der Waals surface area (Å²) in [4.78, 5) is 41.6. The Morgan fingerprint density at radius 3 is 2.54 bits per heavy atom. The number of rotatable bonds is 10. The second-order valence-electron chi connectivity index (χ2n) is 10.5. The fourth-order valence-corrected chi connectivity index (χ4v) is 5.49. The molecule has 1 atom stereocenters. The molecule has 2 heterocycles. The van der Waals surface area contributed by atoms with Crippen molar-refractivity contribution in [1.82, 2.24) is 15.1 Å². The summed E-state index contributed by atoms with van der Waals surface area (Å²) in [5.41, 5.74) is 3.81. The Hall–Kier alpha value is -3.19. The summed E-state index contributed by atoms with van der Waals surface area (Å²) in [7, 11) is 1.86. The quantitative estimate of drug-likeness (QED) is 0.513. The number of carboxylic acid groups (broad SMARTS) is 1. The van der Waals surface area contributed by atoms with Gasteiger partial charge in [-0.05, 0) is 86.4 Å². The monoisotopic (exact) mass is 505 g/mol. The van der Waals surface area contributed by atoms with E-state index in [0.717, 1.165) is 62.0 Å². The molecule has 1 saturated heterocycles. The van der Waals surface area contributed by atoms with Crippen LogP contribution >= 0.6 is 0 Å². The topological polar surface area (TPSA) is 90.0 Å². The van der Waals surface area contributed by atoms with Crippen LogP contribution in [0.2, 0.25) is 0 Å². The van der Waals surface area contributed by atoms with Crippen molar-refractivity contribution in [2.45, 2.75) is 51.5 Å². The van der Waals surface area contributed by atoms with E-state index in [1.807, 2.05) is 48.3 Å². The van der Waals surface area contributed by atoms with Crippen LogP contribution in [0.1, 0.15) is 59.2 Å². The van der Waals surface area contributed by atoms with Gasteiger partial charge in [0.25, 0.3) is 5.91 Å². The Bertz CT molecular complexity index is 1080. The van der Waals surface area contributed by atoms with E-state index in [1.54, 1.807) is 4.90 Å². The van der Waals surface area contributed by atoms with E-state index in [1.165, 1.54) is 0 Å². The SMILES string of the molecule is CN(CCC1CCNCC1)C(=O)c1ccc2c(c1)C[C@@H](CCC(=O)O)C(=O)N(CCc1ccccc1)C2. The molecule has 0 unspecified atom stereocenters. The fourth-order valence-electron chi connectivity index (χ4n) is 5.49. The maximum Gasteiger partial charge on any atom is 0.303 e. The zero-order valence-electron chi connectivity index (χ0n) is 21.8. The van der Waals surface area contributed by atoms with Crippen LogP contribution in [0.5, 0.6) is 0 Å². The minimum absolute atomic E-state index is 0.000322. The molecule has 2 aromatic carbocycles. The molecule has 2 N–H and O–H groups in total. The maximum atomic E-state index is 13.5. The third-order valence-corrected chi connectivity index (χ3v) is 7.84. The number of carbonyl (C=O) groups excluding carboxylic acids is 2. The first-order chi connectivity index (χ1) is 17.9. The number of fused-ring (bicyclic) bond motifs is 1. The first-order valence-corrected chi connectivity index (χ1v) is 13.5. The number of aliphatic carboxylic acids is 1. The summed E-state index contributed by atoms with van der Waals surface area (Å²) in [6.07, 6.45) is 4.78. The van der Waals surface area contributed by atoms with Crippen LogP contribution in [0.4, 0.5) is 0 Å². The minimum Gasteiger partial charge on any atom is -0.481 e. The van der Waals surface area contributed by atoms with Gasteiger partial charge in [0, 0.05) is 44.6 Å². The number of nitrogens with zero attached hydrogens (tertiary/aromatic N) is 2. The molecule has 0 radical (unpaired) electrons. The zero-order chi connectivity index (χ0) is 26.2. The largest absolute Gasteiger partial charge is 0.481 e. The van der Waals surface area contributed by atoms with Gasteiger partial charge in [-0.15, -0.1) is 0 Å². The maximum absolute atomic E-state index is 13.5. The zero-order valence-corrected chi connectivity index (χ0v) is 21.8. The van der Waals surface area contributed by atoms with Crippen LogP contribution in [0.15, 0.2) is 48.5 Å². The molecule has 7 heteroatoms. The van der Waals surface area contributed by atoms with Crippen LogP contribution < -0.4 is 5.32 Å². The predicted molar refractivity (Wildman–Crippen MR) is 143 cm³/mol. The normalized spacial score (nSPS) is 18.2. The van der Waals surface area contributed by atoms with Crippen molar-refractivity contribution in [3.63, 3.8) is 0 Å². The average molecular weight is 506 g/mol. The number of amides is 2.